The third-order valence-electron chi connectivity index (χ3n) is 10.5. The summed E-state index contributed by atoms with van der Waals surface area (Å²) in [6.45, 7) is 4.52. The summed E-state index contributed by atoms with van der Waals surface area (Å²) >= 11 is 0. The molecule has 358 valence electrons. The van der Waals surface area contributed by atoms with Crippen LogP contribution in [0.4, 0.5) is 0 Å². The molecule has 0 aromatic heterocycles. The number of carboxylic acid groups (broad SMARTS) is 1. The monoisotopic (exact) mass is 879 g/mol. The number of aliphatic carboxylic acids is 1. The first-order chi connectivity index (χ1) is 30.6. The fourth-order valence-electron chi connectivity index (χ4n) is 6.66. The van der Waals surface area contributed by atoms with Crippen LogP contribution in [-0.4, -0.2) is 80.6 Å². The average Bonchev–Trinajstić information content (AvgIpc) is 3.24. The SMILES string of the molecule is CC/C=C/C/C=C/C/C=C/C/C=C/C/C=C/CCCC(=O)OCC(COCCC(C(=O)O)[N+](C)(C)C)OC(=O)CCCCCCCCCCC/C=C/C/C=C/C/C=C/CCCCC. The molecule has 0 aliphatic carbocycles. The highest BCUT2D eigenvalue weighted by molar-refractivity contribution is 5.72. The van der Waals surface area contributed by atoms with Gasteiger partial charge in [-0.2, -0.15) is 0 Å². The van der Waals surface area contributed by atoms with Gasteiger partial charge in [0.05, 0.1) is 34.4 Å². The number of carbonyl (C=O) groups excluding carboxylic acids is 2. The van der Waals surface area contributed by atoms with E-state index in [1.165, 1.54) is 64.2 Å². The van der Waals surface area contributed by atoms with E-state index in [-0.39, 0.29) is 42.7 Å². The Bertz CT molecular complexity index is 1350. The summed E-state index contributed by atoms with van der Waals surface area (Å²) in [6.07, 6.45) is 60.3. The van der Waals surface area contributed by atoms with Crippen LogP contribution in [-0.2, 0) is 28.6 Å². The number of esters is 2. The van der Waals surface area contributed by atoms with Crippen molar-refractivity contribution in [3.63, 3.8) is 0 Å². The van der Waals surface area contributed by atoms with E-state index in [0.29, 0.717) is 19.3 Å². The minimum Gasteiger partial charge on any atom is -0.477 e. The Hall–Kier alpha value is -3.75. The molecule has 0 rings (SSSR count). The minimum absolute atomic E-state index is 0.0353. The summed E-state index contributed by atoms with van der Waals surface area (Å²) in [5.74, 6) is -1.56. The Morgan fingerprint density at radius 3 is 1.37 bits per heavy atom. The maximum Gasteiger partial charge on any atom is 0.362 e. The van der Waals surface area contributed by atoms with Gasteiger partial charge in [-0.05, 0) is 89.9 Å². The number of carbonyl (C=O) groups is 3. The second kappa shape index (κ2) is 44.8. The molecule has 0 aromatic carbocycles. The van der Waals surface area contributed by atoms with Crippen LogP contribution in [0.5, 0.6) is 0 Å². The third kappa shape index (κ3) is 43.3. The summed E-state index contributed by atoms with van der Waals surface area (Å²) in [6, 6.07) is -0.630. The number of hydrogen-bond acceptors (Lipinski definition) is 6. The van der Waals surface area contributed by atoms with Crippen molar-refractivity contribution in [2.75, 3.05) is 41.0 Å². The highest BCUT2D eigenvalue weighted by Gasteiger charge is 2.31. The lowest BCUT2D eigenvalue weighted by atomic mass is 10.1. The van der Waals surface area contributed by atoms with Crippen molar-refractivity contribution in [3.8, 4) is 0 Å². The molecule has 0 amide bonds. The number of rotatable bonds is 43. The summed E-state index contributed by atoms with van der Waals surface area (Å²) < 4.78 is 17.3. The Labute approximate surface area is 386 Å². The zero-order chi connectivity index (χ0) is 46.3. The summed E-state index contributed by atoms with van der Waals surface area (Å²) in [5.41, 5.74) is 0. The van der Waals surface area contributed by atoms with E-state index >= 15 is 0 Å². The second-order valence-corrected chi connectivity index (χ2v) is 17.3. The van der Waals surface area contributed by atoms with E-state index in [9.17, 15) is 19.5 Å². The zero-order valence-electron chi connectivity index (χ0n) is 40.7. The van der Waals surface area contributed by atoms with Crippen LogP contribution in [0.2, 0.25) is 0 Å². The minimum atomic E-state index is -0.887. The number of hydrogen-bond donors (Lipinski definition) is 1. The molecule has 2 atom stereocenters. The van der Waals surface area contributed by atoms with Gasteiger partial charge in [0.15, 0.2) is 12.1 Å². The van der Waals surface area contributed by atoms with Gasteiger partial charge in [0.25, 0.3) is 0 Å². The first-order valence-electron chi connectivity index (χ1n) is 24.8. The zero-order valence-corrected chi connectivity index (χ0v) is 40.7. The molecule has 0 radical (unpaired) electrons. The predicted molar refractivity (Wildman–Crippen MR) is 266 cm³/mol. The van der Waals surface area contributed by atoms with Crippen molar-refractivity contribution in [1.82, 2.24) is 0 Å². The number of quaternary nitrogens is 1. The molecule has 0 saturated carbocycles. The number of likely N-dealkylation sites (N-methyl/N-ethyl adjacent to an activating group) is 1. The van der Waals surface area contributed by atoms with Crippen molar-refractivity contribution in [1.29, 1.82) is 0 Å². The van der Waals surface area contributed by atoms with Crippen molar-refractivity contribution in [3.05, 3.63) is 97.2 Å². The number of carboxylic acids is 1. The molecule has 0 spiro atoms. The van der Waals surface area contributed by atoms with Crippen molar-refractivity contribution in [2.45, 2.75) is 193 Å². The first kappa shape index (κ1) is 59.2. The lowest BCUT2D eigenvalue weighted by Gasteiger charge is -2.31. The summed E-state index contributed by atoms with van der Waals surface area (Å²) in [7, 11) is 5.50. The molecule has 2 unspecified atom stereocenters. The fourth-order valence-corrected chi connectivity index (χ4v) is 6.66. The molecule has 63 heavy (non-hydrogen) atoms. The normalized spacial score (nSPS) is 13.7. The van der Waals surface area contributed by atoms with Gasteiger partial charge in [-0.15, -0.1) is 0 Å². The van der Waals surface area contributed by atoms with E-state index in [0.717, 1.165) is 77.0 Å². The van der Waals surface area contributed by atoms with Crippen LogP contribution in [0, 0.1) is 0 Å². The lowest BCUT2D eigenvalue weighted by molar-refractivity contribution is -0.887. The highest BCUT2D eigenvalue weighted by Crippen LogP contribution is 2.14. The van der Waals surface area contributed by atoms with E-state index in [2.05, 4.69) is 111 Å². The van der Waals surface area contributed by atoms with Crippen LogP contribution < -0.4 is 0 Å². The van der Waals surface area contributed by atoms with E-state index < -0.39 is 18.1 Å². The Morgan fingerprint density at radius 1 is 0.492 bits per heavy atom. The third-order valence-corrected chi connectivity index (χ3v) is 10.5. The number of unbranched alkanes of at least 4 members (excludes halogenated alkanes) is 13. The van der Waals surface area contributed by atoms with Gasteiger partial charge in [0, 0.05) is 19.3 Å². The van der Waals surface area contributed by atoms with Gasteiger partial charge in [0.1, 0.15) is 6.61 Å². The molecule has 8 nitrogen and oxygen atoms in total. The molecule has 0 heterocycles. The molecule has 8 heteroatoms. The number of ether oxygens (including phenoxy) is 3. The molecule has 0 aliphatic heterocycles. The van der Waals surface area contributed by atoms with Crippen molar-refractivity contribution < 1.29 is 38.2 Å². The van der Waals surface area contributed by atoms with Crippen molar-refractivity contribution in [2.24, 2.45) is 0 Å². The Balaban J connectivity index is 4.37. The van der Waals surface area contributed by atoms with Crippen LogP contribution in [0.1, 0.15) is 181 Å². The van der Waals surface area contributed by atoms with E-state index in [1.54, 1.807) is 0 Å². The number of nitrogens with zero attached hydrogens (tertiary/aromatic N) is 1. The maximum absolute atomic E-state index is 12.8. The Morgan fingerprint density at radius 2 is 0.905 bits per heavy atom. The van der Waals surface area contributed by atoms with Crippen LogP contribution >= 0.6 is 0 Å². The topological polar surface area (TPSA) is 99.1 Å². The first-order valence-corrected chi connectivity index (χ1v) is 24.8. The fraction of sp³-hybridized carbons (Fsp3) is 0.655. The standard InChI is InChI=1S/C55H91NO7/c1-6-8-10-12-14-16-18-20-22-24-25-26-27-28-30-32-34-36-38-40-42-44-46-54(58)63-51(49-61-48-47-52(55(59)60)56(3,4)5)50-62-53(57)45-43-41-39-37-35-33-31-29-23-21-19-17-15-13-11-9-7-2/h9,11,14-17,20-23,25-26,31,33,37,39,51-52H,6-8,10,12-13,18-19,24,27-30,32,34-36,38,40-50H2,1-5H3/p+1/b11-9+,16-14+,17-15+,22-20+,23-21+,26-25+,33-31+,39-37+. The van der Waals surface area contributed by atoms with Crippen LogP contribution in [0.3, 0.4) is 0 Å². The van der Waals surface area contributed by atoms with E-state index in [4.69, 9.17) is 14.2 Å². The molecular formula is C55H92NO7+. The molecule has 0 saturated heterocycles. The van der Waals surface area contributed by atoms with Gasteiger partial charge in [0.2, 0.25) is 0 Å². The smallest absolute Gasteiger partial charge is 0.362 e. The predicted octanol–water partition coefficient (Wildman–Crippen LogP) is 14.2. The van der Waals surface area contributed by atoms with Crippen LogP contribution in [0.25, 0.3) is 0 Å². The van der Waals surface area contributed by atoms with Gasteiger partial charge in [-0.3, -0.25) is 9.59 Å². The molecule has 0 aliphatic rings. The number of allylic oxidation sites excluding steroid dienone is 16. The van der Waals surface area contributed by atoms with Gasteiger partial charge in [-0.1, -0.05) is 169 Å². The van der Waals surface area contributed by atoms with Crippen LogP contribution in [0.15, 0.2) is 97.2 Å². The highest BCUT2D eigenvalue weighted by atomic mass is 16.6. The van der Waals surface area contributed by atoms with E-state index in [1.807, 2.05) is 21.1 Å². The quantitative estimate of drug-likeness (QED) is 0.0282. The molecular weight excluding hydrogens is 787 g/mol. The summed E-state index contributed by atoms with van der Waals surface area (Å²) in [5, 5.41) is 9.65. The molecule has 0 fully saturated rings. The largest absolute Gasteiger partial charge is 0.477 e. The maximum atomic E-state index is 12.8. The molecule has 0 aromatic rings. The lowest BCUT2D eigenvalue weighted by Crippen LogP contribution is -2.50. The molecule has 0 bridgehead atoms. The van der Waals surface area contributed by atoms with Crippen molar-refractivity contribution >= 4 is 17.9 Å². The van der Waals surface area contributed by atoms with Gasteiger partial charge >= 0.3 is 17.9 Å². The van der Waals surface area contributed by atoms with Gasteiger partial charge < -0.3 is 23.8 Å². The Kier molecular flexibility index (Phi) is 42.2. The summed E-state index contributed by atoms with van der Waals surface area (Å²) in [4.78, 5) is 37.1. The molecule has 1 N–H and O–H groups in total. The second-order valence-electron chi connectivity index (χ2n) is 17.3. The average molecular weight is 879 g/mol. The van der Waals surface area contributed by atoms with Gasteiger partial charge in [-0.25, -0.2) is 4.79 Å².